The Bertz CT molecular complexity index is 1090. The third-order valence-electron chi connectivity index (χ3n) is 5.54. The fourth-order valence-electron chi connectivity index (χ4n) is 3.73. The lowest BCUT2D eigenvalue weighted by atomic mass is 9.95. The Morgan fingerprint density at radius 1 is 1.03 bits per heavy atom. The number of benzene rings is 2. The highest BCUT2D eigenvalue weighted by atomic mass is 19.4. The average Bonchev–Trinajstić information content (AvgIpc) is 2.81. The van der Waals surface area contributed by atoms with Crippen LogP contribution in [-0.2, 0) is 17.4 Å². The van der Waals surface area contributed by atoms with E-state index < -0.39 is 17.9 Å². The van der Waals surface area contributed by atoms with Crippen molar-refractivity contribution in [3.8, 4) is 0 Å². The van der Waals surface area contributed by atoms with Gasteiger partial charge in [0.05, 0.1) is 0 Å². The van der Waals surface area contributed by atoms with Gasteiger partial charge in [0.2, 0.25) is 5.91 Å². The molecule has 1 heterocycles. The second kappa shape index (κ2) is 11.2. The Hall–Kier alpha value is -3.26. The first-order chi connectivity index (χ1) is 16.2. The molecule has 34 heavy (non-hydrogen) atoms. The molecule has 2 unspecified atom stereocenters. The third kappa shape index (κ3) is 6.63. The minimum Gasteiger partial charge on any atom is -0.355 e. The molecule has 0 aliphatic heterocycles. The van der Waals surface area contributed by atoms with Gasteiger partial charge in [-0.2, -0.15) is 13.2 Å². The number of alkyl halides is 3. The molecule has 2 N–H and O–H groups in total. The number of nitrogens with one attached hydrogen (secondary N) is 2. The van der Waals surface area contributed by atoms with Crippen LogP contribution in [0.15, 0.2) is 66.9 Å². The normalized spacial score (nSPS) is 13.4. The molecule has 1 amide bonds. The van der Waals surface area contributed by atoms with Crippen molar-refractivity contribution in [2.75, 3.05) is 6.54 Å². The van der Waals surface area contributed by atoms with Crippen LogP contribution in [0.5, 0.6) is 0 Å². The van der Waals surface area contributed by atoms with Crippen LogP contribution >= 0.6 is 0 Å². The number of likely N-dealkylation sites (N-methyl/N-ethyl adjacent to an activating group) is 1. The number of hydrogen-bond donors (Lipinski definition) is 2. The molecule has 0 fully saturated rings. The van der Waals surface area contributed by atoms with Gasteiger partial charge in [-0.1, -0.05) is 48.5 Å². The first kappa shape index (κ1) is 25.4. The third-order valence-corrected chi connectivity index (χ3v) is 5.54. The van der Waals surface area contributed by atoms with Gasteiger partial charge < -0.3 is 5.32 Å². The number of aryl methyl sites for hydroxylation is 2. The highest BCUT2D eigenvalue weighted by Crippen LogP contribution is 2.29. The molecule has 3 aromatic rings. The largest absolute Gasteiger partial charge is 0.433 e. The van der Waals surface area contributed by atoms with Crippen LogP contribution in [0.1, 0.15) is 53.4 Å². The van der Waals surface area contributed by atoms with Gasteiger partial charge >= 0.3 is 6.18 Å². The number of hydrogen-bond acceptors (Lipinski definition) is 3. The predicted octanol–water partition coefficient (Wildman–Crippen LogP) is 5.69. The van der Waals surface area contributed by atoms with E-state index in [-0.39, 0.29) is 17.8 Å². The topological polar surface area (TPSA) is 54.0 Å². The van der Waals surface area contributed by atoms with Crippen molar-refractivity contribution in [1.29, 1.82) is 0 Å². The van der Waals surface area contributed by atoms with Crippen molar-refractivity contribution in [2.24, 2.45) is 0 Å². The summed E-state index contributed by atoms with van der Waals surface area (Å²) in [5.41, 5.74) is 1.71. The van der Waals surface area contributed by atoms with E-state index in [0.717, 1.165) is 17.2 Å². The summed E-state index contributed by atoms with van der Waals surface area (Å²) in [6, 6.07) is 15.3. The molecule has 2 aromatic carbocycles. The second-order valence-electron chi connectivity index (χ2n) is 8.05. The van der Waals surface area contributed by atoms with Gasteiger partial charge in [-0.25, -0.2) is 4.39 Å². The number of amides is 1. The maximum atomic E-state index is 13.9. The summed E-state index contributed by atoms with van der Waals surface area (Å²) in [7, 11) is 0. The number of carbonyl (C=O) groups excluding carboxylic acids is 1. The summed E-state index contributed by atoms with van der Waals surface area (Å²) in [5.74, 6) is -0.536. The molecular weight excluding hydrogens is 446 g/mol. The Morgan fingerprint density at radius 3 is 2.35 bits per heavy atom. The van der Waals surface area contributed by atoms with Crippen LogP contribution < -0.4 is 10.6 Å². The first-order valence-electron chi connectivity index (χ1n) is 11.1. The van der Waals surface area contributed by atoms with E-state index in [9.17, 15) is 22.4 Å². The quantitative estimate of drug-likeness (QED) is 0.393. The molecule has 0 saturated carbocycles. The van der Waals surface area contributed by atoms with Crippen molar-refractivity contribution >= 4 is 5.91 Å². The van der Waals surface area contributed by atoms with Crippen molar-refractivity contribution in [2.45, 2.75) is 44.9 Å². The molecule has 4 nitrogen and oxygen atoms in total. The van der Waals surface area contributed by atoms with Gasteiger partial charge in [0.1, 0.15) is 17.6 Å². The number of pyridine rings is 1. The van der Waals surface area contributed by atoms with Crippen molar-refractivity contribution in [1.82, 2.24) is 15.6 Å². The summed E-state index contributed by atoms with van der Waals surface area (Å²) in [6.45, 7) is 3.95. The number of halogens is 4. The zero-order valence-corrected chi connectivity index (χ0v) is 19.0. The number of rotatable bonds is 9. The smallest absolute Gasteiger partial charge is 0.355 e. The van der Waals surface area contributed by atoms with Crippen LogP contribution in [0.2, 0.25) is 0 Å². The number of carbonyl (C=O) groups is 1. The Balaban J connectivity index is 1.88. The summed E-state index contributed by atoms with van der Waals surface area (Å²) in [5, 5.41) is 6.23. The molecule has 1 aromatic heterocycles. The Kier molecular flexibility index (Phi) is 8.39. The minimum atomic E-state index is -4.50. The highest BCUT2D eigenvalue weighted by molar-refractivity contribution is 5.83. The van der Waals surface area contributed by atoms with Gasteiger partial charge in [0.15, 0.2) is 0 Å². The number of nitrogens with zero attached hydrogens (tertiary/aromatic N) is 1. The molecule has 0 aliphatic carbocycles. The van der Waals surface area contributed by atoms with Crippen molar-refractivity contribution < 1.29 is 22.4 Å². The Labute approximate surface area is 196 Å². The lowest BCUT2D eigenvalue weighted by Crippen LogP contribution is -2.39. The maximum Gasteiger partial charge on any atom is 0.433 e. The van der Waals surface area contributed by atoms with Crippen LogP contribution in [0.4, 0.5) is 17.6 Å². The molecular formula is C26H27F4N3O. The molecule has 180 valence electrons. The summed E-state index contributed by atoms with van der Waals surface area (Å²) >= 11 is 0. The molecule has 2 atom stereocenters. The summed E-state index contributed by atoms with van der Waals surface area (Å²) in [6.07, 6.45) is -2.41. The van der Waals surface area contributed by atoms with Crippen LogP contribution in [0.25, 0.3) is 0 Å². The second-order valence-corrected chi connectivity index (χ2v) is 8.05. The standard InChI is InChI=1S/C26H27F4N3O/c1-3-31-25(34)24(19-7-5-4-6-8-19)33-22(20-11-12-21(27)17(2)15-20)13-9-18-10-14-23(32-16-18)26(28,29)30/h4-8,10-12,14-16,22,24,33H,3,9,13H2,1-2H3,(H,31,34). The predicted molar refractivity (Wildman–Crippen MR) is 122 cm³/mol. The lowest BCUT2D eigenvalue weighted by molar-refractivity contribution is -0.141. The highest BCUT2D eigenvalue weighted by Gasteiger charge is 2.32. The summed E-state index contributed by atoms with van der Waals surface area (Å²) in [4.78, 5) is 16.4. The molecule has 8 heteroatoms. The van der Waals surface area contributed by atoms with E-state index in [2.05, 4.69) is 15.6 Å². The van der Waals surface area contributed by atoms with Crippen LogP contribution in [0.3, 0.4) is 0 Å². The zero-order chi connectivity index (χ0) is 24.7. The lowest BCUT2D eigenvalue weighted by Gasteiger charge is -2.26. The molecule has 0 aliphatic rings. The van der Waals surface area contributed by atoms with Gasteiger partial charge in [-0.15, -0.1) is 0 Å². The van der Waals surface area contributed by atoms with E-state index >= 15 is 0 Å². The van der Waals surface area contributed by atoms with Crippen molar-refractivity contribution in [3.63, 3.8) is 0 Å². The fourth-order valence-corrected chi connectivity index (χ4v) is 3.73. The van der Waals surface area contributed by atoms with E-state index in [0.29, 0.717) is 30.5 Å². The van der Waals surface area contributed by atoms with Crippen LogP contribution in [-0.4, -0.2) is 17.4 Å². The van der Waals surface area contributed by atoms with E-state index in [4.69, 9.17) is 0 Å². The maximum absolute atomic E-state index is 13.9. The Morgan fingerprint density at radius 2 is 1.76 bits per heavy atom. The molecule has 0 saturated heterocycles. The van der Waals surface area contributed by atoms with Gasteiger partial charge in [-0.3, -0.25) is 15.1 Å². The SMILES string of the molecule is CCNC(=O)C(NC(CCc1ccc(C(F)(F)F)nc1)c1ccc(F)c(C)c1)c1ccccc1. The first-order valence-corrected chi connectivity index (χ1v) is 11.1. The van der Waals surface area contributed by atoms with Gasteiger partial charge in [0, 0.05) is 18.8 Å². The van der Waals surface area contributed by atoms with E-state index in [1.165, 1.54) is 18.3 Å². The van der Waals surface area contributed by atoms with E-state index in [1.54, 1.807) is 19.1 Å². The van der Waals surface area contributed by atoms with Gasteiger partial charge in [-0.05, 0) is 61.1 Å². The monoisotopic (exact) mass is 473 g/mol. The van der Waals surface area contributed by atoms with Crippen molar-refractivity contribution in [3.05, 3.63) is 101 Å². The molecule has 3 rings (SSSR count). The fraction of sp³-hybridized carbons (Fsp3) is 0.308. The number of aromatic nitrogens is 1. The van der Waals surface area contributed by atoms with Gasteiger partial charge in [0.25, 0.3) is 0 Å². The van der Waals surface area contributed by atoms with E-state index in [1.807, 2.05) is 37.3 Å². The molecule has 0 radical (unpaired) electrons. The van der Waals surface area contributed by atoms with Crippen LogP contribution in [0, 0.1) is 12.7 Å². The molecule has 0 bridgehead atoms. The zero-order valence-electron chi connectivity index (χ0n) is 19.0. The average molecular weight is 474 g/mol. The minimum absolute atomic E-state index is 0.200. The molecule has 0 spiro atoms. The summed E-state index contributed by atoms with van der Waals surface area (Å²) < 4.78 is 52.4.